The summed E-state index contributed by atoms with van der Waals surface area (Å²) in [5, 5.41) is 0. The summed E-state index contributed by atoms with van der Waals surface area (Å²) in [7, 11) is 0. The predicted octanol–water partition coefficient (Wildman–Crippen LogP) is 1.45. The third kappa shape index (κ3) is 2.26. The first-order valence-electron chi connectivity index (χ1n) is 5.59. The van der Waals surface area contributed by atoms with Crippen LogP contribution in [-0.4, -0.2) is 24.6 Å². The Morgan fingerprint density at radius 3 is 2.88 bits per heavy atom. The number of fused-ring (bicyclic) bond motifs is 2. The van der Waals surface area contributed by atoms with Gasteiger partial charge in [-0.05, 0) is 32.1 Å². The van der Waals surface area contributed by atoms with Gasteiger partial charge in [-0.1, -0.05) is 6.58 Å². The lowest BCUT2D eigenvalue weighted by molar-refractivity contribution is -0.143. The van der Waals surface area contributed by atoms with Crippen molar-refractivity contribution in [2.24, 2.45) is 11.8 Å². The lowest BCUT2D eigenvalue weighted by atomic mass is 9.82. The summed E-state index contributed by atoms with van der Waals surface area (Å²) in [5.74, 6) is -0.172. The molecule has 0 aromatic rings. The highest BCUT2D eigenvalue weighted by Crippen LogP contribution is 2.37. The minimum Gasteiger partial charge on any atom is -0.462 e. The summed E-state index contributed by atoms with van der Waals surface area (Å²) in [6.07, 6.45) is 2.47. The van der Waals surface area contributed by atoms with E-state index in [0.29, 0.717) is 12.2 Å². The maximum atomic E-state index is 11.3. The van der Waals surface area contributed by atoms with Crippen LogP contribution in [-0.2, 0) is 19.1 Å². The smallest absolute Gasteiger partial charge is 0.333 e. The molecular weight excluding hydrogens is 208 g/mol. The van der Waals surface area contributed by atoms with E-state index in [9.17, 15) is 9.59 Å². The van der Waals surface area contributed by atoms with Crippen LogP contribution in [0.3, 0.4) is 0 Å². The summed E-state index contributed by atoms with van der Waals surface area (Å²) < 4.78 is 10.3. The van der Waals surface area contributed by atoms with Gasteiger partial charge in [-0.15, -0.1) is 0 Å². The first-order valence-corrected chi connectivity index (χ1v) is 5.59. The molecule has 16 heavy (non-hydrogen) atoms. The van der Waals surface area contributed by atoms with Gasteiger partial charge in [-0.25, -0.2) is 4.79 Å². The lowest BCUT2D eigenvalue weighted by Crippen LogP contribution is -2.25. The molecule has 0 aromatic heterocycles. The number of rotatable bonds is 3. The van der Waals surface area contributed by atoms with Gasteiger partial charge in [0.2, 0.25) is 0 Å². The fraction of sp³-hybridized carbons (Fsp3) is 0.667. The number of hydrogen-bond acceptors (Lipinski definition) is 4. The van der Waals surface area contributed by atoms with Crippen molar-refractivity contribution in [3.63, 3.8) is 0 Å². The molecule has 0 aromatic carbocycles. The van der Waals surface area contributed by atoms with Gasteiger partial charge in [0.1, 0.15) is 6.10 Å². The van der Waals surface area contributed by atoms with Crippen LogP contribution in [0.25, 0.3) is 0 Å². The van der Waals surface area contributed by atoms with E-state index < -0.39 is 0 Å². The van der Waals surface area contributed by atoms with Crippen LogP contribution < -0.4 is 0 Å². The maximum Gasteiger partial charge on any atom is 0.333 e. The summed E-state index contributed by atoms with van der Waals surface area (Å²) >= 11 is 0. The Kier molecular flexibility index (Phi) is 2.99. The monoisotopic (exact) mass is 224 g/mol. The van der Waals surface area contributed by atoms with Crippen LogP contribution in [0.2, 0.25) is 0 Å². The van der Waals surface area contributed by atoms with Crippen LogP contribution in [0.15, 0.2) is 12.2 Å². The number of hydrogen-bond donors (Lipinski definition) is 0. The van der Waals surface area contributed by atoms with Gasteiger partial charge < -0.3 is 9.47 Å². The topological polar surface area (TPSA) is 52.6 Å². The minimum absolute atomic E-state index is 0.0206. The minimum atomic E-state index is -0.356. The molecule has 1 saturated carbocycles. The van der Waals surface area contributed by atoms with Crippen molar-refractivity contribution in [2.75, 3.05) is 6.61 Å². The van der Waals surface area contributed by atoms with Gasteiger partial charge >= 0.3 is 11.9 Å². The van der Waals surface area contributed by atoms with Crippen molar-refractivity contribution in [1.82, 2.24) is 0 Å². The molecule has 1 aliphatic carbocycles. The predicted molar refractivity (Wildman–Crippen MR) is 56.5 cm³/mol. The van der Waals surface area contributed by atoms with Crippen LogP contribution in [0, 0.1) is 11.8 Å². The van der Waals surface area contributed by atoms with Crippen LogP contribution in [0.4, 0.5) is 0 Å². The second kappa shape index (κ2) is 4.28. The molecule has 1 heterocycles. The highest BCUT2D eigenvalue weighted by Gasteiger charge is 2.42. The zero-order chi connectivity index (χ0) is 11.7. The van der Waals surface area contributed by atoms with E-state index in [1.807, 2.05) is 0 Å². The zero-order valence-corrected chi connectivity index (χ0v) is 9.40. The summed E-state index contributed by atoms with van der Waals surface area (Å²) in [4.78, 5) is 22.5. The van der Waals surface area contributed by atoms with E-state index in [1.54, 1.807) is 6.92 Å². The summed E-state index contributed by atoms with van der Waals surface area (Å²) in [5.41, 5.74) is 0.408. The second-order valence-corrected chi connectivity index (χ2v) is 4.71. The largest absolute Gasteiger partial charge is 0.462 e. The van der Waals surface area contributed by atoms with E-state index in [-0.39, 0.29) is 29.9 Å². The Balaban J connectivity index is 1.82. The lowest BCUT2D eigenvalue weighted by Gasteiger charge is -2.23. The van der Waals surface area contributed by atoms with Crippen molar-refractivity contribution in [3.8, 4) is 0 Å². The third-order valence-corrected chi connectivity index (χ3v) is 3.18. The molecule has 2 rings (SSSR count). The molecule has 3 atom stereocenters. The first kappa shape index (κ1) is 11.2. The molecule has 0 amide bonds. The molecule has 2 bridgehead atoms. The van der Waals surface area contributed by atoms with Gasteiger partial charge in [0.15, 0.2) is 0 Å². The number of esters is 2. The molecule has 2 aliphatic rings. The Labute approximate surface area is 94.6 Å². The van der Waals surface area contributed by atoms with E-state index in [4.69, 9.17) is 9.47 Å². The molecule has 0 radical (unpaired) electrons. The maximum absolute atomic E-state index is 11.3. The second-order valence-electron chi connectivity index (χ2n) is 4.71. The number of carbonyl (C=O) groups is 2. The number of ether oxygens (including phenoxy) is 2. The quantitative estimate of drug-likeness (QED) is 0.537. The van der Waals surface area contributed by atoms with Gasteiger partial charge in [0.05, 0.1) is 12.5 Å². The van der Waals surface area contributed by atoms with Gasteiger partial charge in [-0.2, -0.15) is 0 Å². The normalized spacial score (nSPS) is 32.1. The molecule has 4 nitrogen and oxygen atoms in total. The highest BCUT2D eigenvalue weighted by molar-refractivity contribution is 5.86. The average molecular weight is 224 g/mol. The van der Waals surface area contributed by atoms with Gasteiger partial charge in [0.25, 0.3) is 0 Å². The van der Waals surface area contributed by atoms with E-state index >= 15 is 0 Å². The van der Waals surface area contributed by atoms with E-state index in [1.165, 1.54) is 0 Å². The van der Waals surface area contributed by atoms with E-state index in [2.05, 4.69) is 6.58 Å². The third-order valence-electron chi connectivity index (χ3n) is 3.18. The molecule has 1 aliphatic heterocycles. The van der Waals surface area contributed by atoms with Crippen molar-refractivity contribution in [1.29, 1.82) is 0 Å². The van der Waals surface area contributed by atoms with Crippen molar-refractivity contribution >= 4 is 11.9 Å². The van der Waals surface area contributed by atoms with Gasteiger partial charge in [-0.3, -0.25) is 4.79 Å². The Morgan fingerprint density at radius 1 is 1.50 bits per heavy atom. The standard InChI is InChI=1S/C12H16O4/c1-7(2)11(13)15-6-8-3-9-5-10(4-8)16-12(9)14/h8-10H,1,3-6H2,2H3. The molecule has 88 valence electrons. The van der Waals surface area contributed by atoms with E-state index in [0.717, 1.165) is 19.3 Å². The number of carbonyl (C=O) groups excluding carboxylic acids is 2. The fourth-order valence-electron chi connectivity index (χ4n) is 2.38. The van der Waals surface area contributed by atoms with Crippen molar-refractivity contribution < 1.29 is 19.1 Å². The molecule has 4 heteroatoms. The van der Waals surface area contributed by atoms with Crippen LogP contribution >= 0.6 is 0 Å². The summed E-state index contributed by atoms with van der Waals surface area (Å²) in [6.45, 7) is 5.51. The Hall–Kier alpha value is -1.32. The first-order chi connectivity index (χ1) is 7.56. The molecular formula is C12H16O4. The van der Waals surface area contributed by atoms with Crippen LogP contribution in [0.5, 0.6) is 0 Å². The Bertz CT molecular complexity index is 334. The zero-order valence-electron chi connectivity index (χ0n) is 9.40. The molecule has 0 spiro atoms. The molecule has 3 unspecified atom stereocenters. The molecule has 0 N–H and O–H groups in total. The molecule has 2 fully saturated rings. The fourth-order valence-corrected chi connectivity index (χ4v) is 2.38. The SMILES string of the molecule is C=C(C)C(=O)OCC1CC2CC(C1)C(=O)O2. The van der Waals surface area contributed by atoms with Crippen molar-refractivity contribution in [2.45, 2.75) is 32.3 Å². The van der Waals surface area contributed by atoms with Gasteiger partial charge in [0, 0.05) is 5.57 Å². The molecule has 1 saturated heterocycles. The Morgan fingerprint density at radius 2 is 2.25 bits per heavy atom. The average Bonchev–Trinajstić information content (AvgIpc) is 2.49. The van der Waals surface area contributed by atoms with Crippen LogP contribution in [0.1, 0.15) is 26.2 Å². The van der Waals surface area contributed by atoms with Crippen molar-refractivity contribution in [3.05, 3.63) is 12.2 Å². The highest BCUT2D eigenvalue weighted by atomic mass is 16.6. The summed E-state index contributed by atoms with van der Waals surface area (Å²) in [6, 6.07) is 0.